The van der Waals surface area contributed by atoms with Gasteiger partial charge in [0.15, 0.2) is 0 Å². The molecule has 0 aliphatic heterocycles. The van der Waals surface area contributed by atoms with Gasteiger partial charge >= 0.3 is 0 Å². The molecule has 0 bridgehead atoms. The Kier molecular flexibility index (Phi) is 3.76. The Morgan fingerprint density at radius 3 is 2.64 bits per heavy atom. The van der Waals surface area contributed by atoms with Crippen molar-refractivity contribution >= 4 is 44.4 Å². The highest BCUT2D eigenvalue weighted by Crippen LogP contribution is 2.27. The third-order valence-electron chi connectivity index (χ3n) is 1.42. The molecule has 0 atom stereocenters. The van der Waals surface area contributed by atoms with E-state index in [-0.39, 0.29) is 13.7 Å². The number of nitrogens with two attached hydrogens (primary N) is 1. The van der Waals surface area contributed by atoms with Gasteiger partial charge in [-0.1, -0.05) is 0 Å². The molecule has 1 rings (SSSR count). The molecule has 7 heteroatoms. The average Bonchev–Trinajstić information content (AvgIpc) is 2.07. The number of hydrogen-bond acceptors (Lipinski definition) is 2. The summed E-state index contributed by atoms with van der Waals surface area (Å²) >= 11 is 4.55. The van der Waals surface area contributed by atoms with Gasteiger partial charge in [0.25, 0.3) is 6.43 Å². The van der Waals surface area contributed by atoms with Gasteiger partial charge in [0.1, 0.15) is 10.3 Å². The van der Waals surface area contributed by atoms with Crippen LogP contribution in [0.2, 0.25) is 0 Å². The molecule has 0 saturated heterocycles. The number of carbonyl (C=O) groups excluding carboxylic acids is 1. The van der Waals surface area contributed by atoms with Crippen LogP contribution in [0.15, 0.2) is 10.7 Å². The quantitative estimate of drug-likeness (QED) is 0.636. The predicted molar refractivity (Wildman–Crippen MR) is 58.1 cm³/mol. The Balaban J connectivity index is 3.40. The number of alkyl halides is 2. The number of nitrogens with zero attached hydrogens (tertiary/aromatic N) is 1. The normalized spacial score (nSPS) is 10.6. The molecule has 14 heavy (non-hydrogen) atoms. The number of hydrogen-bond donors (Lipinski definition) is 1. The SMILES string of the molecule is NC(=O)c1cc(Br)nc(C(F)F)c1I. The second-order valence-corrected chi connectivity index (χ2v) is 4.25. The Morgan fingerprint density at radius 1 is 1.64 bits per heavy atom. The van der Waals surface area contributed by atoms with Crippen LogP contribution in [-0.2, 0) is 0 Å². The number of amides is 1. The number of halogens is 4. The highest BCUT2D eigenvalue weighted by Gasteiger charge is 2.19. The van der Waals surface area contributed by atoms with Crippen LogP contribution in [0, 0.1) is 3.57 Å². The minimum absolute atomic E-state index is 0.0442. The van der Waals surface area contributed by atoms with E-state index in [1.54, 1.807) is 22.6 Å². The standard InChI is InChI=1S/C7H4BrF2IN2O/c8-3-1-2(7(12)14)4(11)5(13-3)6(9)10/h1,6H,(H2,12,14). The van der Waals surface area contributed by atoms with E-state index < -0.39 is 18.0 Å². The lowest BCUT2D eigenvalue weighted by Crippen LogP contribution is -2.15. The number of rotatable bonds is 2. The maximum Gasteiger partial charge on any atom is 0.281 e. The molecule has 1 aromatic rings. The van der Waals surface area contributed by atoms with Gasteiger partial charge in [0.05, 0.1) is 9.13 Å². The Labute approximate surface area is 100 Å². The van der Waals surface area contributed by atoms with Crippen molar-refractivity contribution in [2.45, 2.75) is 6.43 Å². The van der Waals surface area contributed by atoms with Crippen LogP contribution in [-0.4, -0.2) is 10.9 Å². The summed E-state index contributed by atoms with van der Waals surface area (Å²) in [5.74, 6) is -0.751. The first-order valence-electron chi connectivity index (χ1n) is 3.37. The van der Waals surface area contributed by atoms with Gasteiger partial charge in [0.2, 0.25) is 5.91 Å². The fourth-order valence-corrected chi connectivity index (χ4v) is 2.04. The molecular weight excluding hydrogens is 373 g/mol. The smallest absolute Gasteiger partial charge is 0.281 e. The lowest BCUT2D eigenvalue weighted by Gasteiger charge is -2.06. The third kappa shape index (κ3) is 2.38. The maximum absolute atomic E-state index is 12.4. The molecule has 0 radical (unpaired) electrons. The van der Waals surface area contributed by atoms with Gasteiger partial charge in [0, 0.05) is 0 Å². The van der Waals surface area contributed by atoms with Crippen molar-refractivity contribution in [3.8, 4) is 0 Å². The zero-order valence-electron chi connectivity index (χ0n) is 6.60. The van der Waals surface area contributed by atoms with E-state index in [2.05, 4.69) is 20.9 Å². The molecule has 1 aromatic heterocycles. The molecule has 0 saturated carbocycles. The minimum atomic E-state index is -2.72. The van der Waals surface area contributed by atoms with Crippen molar-refractivity contribution in [2.75, 3.05) is 0 Å². The van der Waals surface area contributed by atoms with E-state index in [0.29, 0.717) is 0 Å². The second kappa shape index (κ2) is 4.47. The first-order chi connectivity index (χ1) is 6.43. The minimum Gasteiger partial charge on any atom is -0.366 e. The first kappa shape index (κ1) is 11.8. The van der Waals surface area contributed by atoms with E-state index in [1.807, 2.05) is 0 Å². The first-order valence-corrected chi connectivity index (χ1v) is 5.24. The van der Waals surface area contributed by atoms with Gasteiger partial charge in [-0.3, -0.25) is 4.79 Å². The molecule has 0 aliphatic rings. The summed E-state index contributed by atoms with van der Waals surface area (Å²) in [6.45, 7) is 0. The van der Waals surface area contributed by atoms with Gasteiger partial charge in [-0.2, -0.15) is 0 Å². The van der Waals surface area contributed by atoms with Crippen molar-refractivity contribution < 1.29 is 13.6 Å². The second-order valence-electron chi connectivity index (χ2n) is 2.36. The van der Waals surface area contributed by atoms with Crippen LogP contribution in [0.25, 0.3) is 0 Å². The van der Waals surface area contributed by atoms with Crippen molar-refractivity contribution in [3.05, 3.63) is 25.5 Å². The predicted octanol–water partition coefficient (Wildman–Crippen LogP) is 2.49. The lowest BCUT2D eigenvalue weighted by atomic mass is 10.2. The highest BCUT2D eigenvalue weighted by atomic mass is 127. The lowest BCUT2D eigenvalue weighted by molar-refractivity contribution is 0.0998. The number of aromatic nitrogens is 1. The van der Waals surface area contributed by atoms with Gasteiger partial charge in [-0.25, -0.2) is 13.8 Å². The number of primary amides is 1. The molecule has 1 amide bonds. The van der Waals surface area contributed by atoms with E-state index in [1.165, 1.54) is 6.07 Å². The molecule has 3 nitrogen and oxygen atoms in total. The van der Waals surface area contributed by atoms with Gasteiger partial charge in [-0.15, -0.1) is 0 Å². The van der Waals surface area contributed by atoms with Gasteiger partial charge < -0.3 is 5.73 Å². The summed E-state index contributed by atoms with van der Waals surface area (Å²) in [7, 11) is 0. The fourth-order valence-electron chi connectivity index (χ4n) is 0.841. The average molecular weight is 377 g/mol. The summed E-state index contributed by atoms with van der Waals surface area (Å²) in [6, 6.07) is 1.32. The molecule has 0 aliphatic carbocycles. The van der Waals surface area contributed by atoms with Crippen molar-refractivity contribution in [1.29, 1.82) is 0 Å². The van der Waals surface area contributed by atoms with Gasteiger partial charge in [-0.05, 0) is 44.6 Å². The molecule has 0 spiro atoms. The Morgan fingerprint density at radius 2 is 2.21 bits per heavy atom. The van der Waals surface area contributed by atoms with Crippen LogP contribution in [0.5, 0.6) is 0 Å². The number of carbonyl (C=O) groups is 1. The zero-order chi connectivity index (χ0) is 10.9. The van der Waals surface area contributed by atoms with Crippen LogP contribution in [0.4, 0.5) is 8.78 Å². The van der Waals surface area contributed by atoms with Crippen molar-refractivity contribution in [2.24, 2.45) is 5.73 Å². The molecule has 2 N–H and O–H groups in total. The number of pyridine rings is 1. The molecule has 0 unspecified atom stereocenters. The highest BCUT2D eigenvalue weighted by molar-refractivity contribution is 14.1. The summed E-state index contributed by atoms with van der Waals surface area (Å²) < 4.78 is 25.1. The van der Waals surface area contributed by atoms with E-state index >= 15 is 0 Å². The topological polar surface area (TPSA) is 56.0 Å². The van der Waals surface area contributed by atoms with E-state index in [4.69, 9.17) is 5.73 Å². The van der Waals surface area contributed by atoms with E-state index in [0.717, 1.165) is 0 Å². The van der Waals surface area contributed by atoms with Crippen LogP contribution in [0.1, 0.15) is 22.5 Å². The van der Waals surface area contributed by atoms with Crippen molar-refractivity contribution in [1.82, 2.24) is 4.98 Å². The van der Waals surface area contributed by atoms with Crippen molar-refractivity contribution in [3.63, 3.8) is 0 Å². The molecule has 0 fully saturated rings. The van der Waals surface area contributed by atoms with Crippen LogP contribution >= 0.6 is 38.5 Å². The van der Waals surface area contributed by atoms with Crippen LogP contribution < -0.4 is 5.73 Å². The summed E-state index contributed by atoms with van der Waals surface area (Å²) in [5.41, 5.74) is 4.62. The fraction of sp³-hybridized carbons (Fsp3) is 0.143. The Hall–Kier alpha value is -0.310. The summed E-state index contributed by atoms with van der Waals surface area (Å²) in [5, 5.41) is 0. The maximum atomic E-state index is 12.4. The summed E-state index contributed by atoms with van der Waals surface area (Å²) in [6.07, 6.45) is -2.72. The molecular formula is C7H4BrF2IN2O. The monoisotopic (exact) mass is 376 g/mol. The summed E-state index contributed by atoms with van der Waals surface area (Å²) in [4.78, 5) is 14.4. The largest absolute Gasteiger partial charge is 0.366 e. The molecule has 0 aromatic carbocycles. The zero-order valence-corrected chi connectivity index (χ0v) is 10.3. The Bertz CT molecular complexity index is 386. The molecule has 76 valence electrons. The van der Waals surface area contributed by atoms with Crippen LogP contribution in [0.3, 0.4) is 0 Å². The molecule has 1 heterocycles. The van der Waals surface area contributed by atoms with E-state index in [9.17, 15) is 13.6 Å². The third-order valence-corrected chi connectivity index (χ3v) is 2.96.